The van der Waals surface area contributed by atoms with E-state index in [1.165, 1.54) is 31.2 Å². The van der Waals surface area contributed by atoms with Crippen LogP contribution in [0.2, 0.25) is 0 Å². The lowest BCUT2D eigenvalue weighted by molar-refractivity contribution is -0.308. The molecular weight excluding hydrogens is 548 g/mol. The highest BCUT2D eigenvalue weighted by Gasteiger charge is 2.48. The van der Waals surface area contributed by atoms with Crippen molar-refractivity contribution in [3.63, 3.8) is 0 Å². The molecule has 14 heteroatoms. The maximum Gasteiger partial charge on any atom is 0.197 e. The topological polar surface area (TPSA) is 240 Å². The van der Waals surface area contributed by atoms with Crippen LogP contribution in [0, 0.1) is 0 Å². The van der Waals surface area contributed by atoms with E-state index < -0.39 is 84.8 Å². The molecule has 0 bridgehead atoms. The lowest BCUT2D eigenvalue weighted by Crippen LogP contribution is -2.59. The third-order valence-corrected chi connectivity index (χ3v) is 7.38. The van der Waals surface area contributed by atoms with Gasteiger partial charge in [-0.25, -0.2) is 0 Å². The average Bonchev–Trinajstić information content (AvgIpc) is 2.93. The third kappa shape index (κ3) is 5.25. The van der Waals surface area contributed by atoms with Crippen molar-refractivity contribution in [2.75, 3.05) is 6.61 Å². The van der Waals surface area contributed by atoms with Crippen molar-refractivity contribution in [2.45, 2.75) is 68.1 Å². The molecule has 3 aromatic rings. The molecule has 5 rings (SSSR count). The van der Waals surface area contributed by atoms with Crippen LogP contribution in [0.1, 0.15) is 18.6 Å². The summed E-state index contributed by atoms with van der Waals surface area (Å²) >= 11 is 0. The zero-order chi connectivity index (χ0) is 29.7. The number of aromatic hydroxyl groups is 3. The predicted molar refractivity (Wildman–Crippen MR) is 137 cm³/mol. The smallest absolute Gasteiger partial charge is 0.197 e. The summed E-state index contributed by atoms with van der Waals surface area (Å²) < 4.78 is 22.6. The summed E-state index contributed by atoms with van der Waals surface area (Å²) in [7, 11) is 0. The van der Waals surface area contributed by atoms with Gasteiger partial charge in [0.05, 0.1) is 18.3 Å². The van der Waals surface area contributed by atoms with E-state index in [0.29, 0.717) is 5.56 Å². The molecule has 0 aliphatic carbocycles. The van der Waals surface area contributed by atoms with E-state index in [-0.39, 0.29) is 28.0 Å². The minimum Gasteiger partial charge on any atom is -0.508 e. The van der Waals surface area contributed by atoms with Gasteiger partial charge in [0.15, 0.2) is 17.3 Å². The number of hydrogen-bond acceptors (Lipinski definition) is 14. The number of hydrogen-bond donors (Lipinski definition) is 9. The fourth-order valence-electron chi connectivity index (χ4n) is 5.03. The van der Waals surface area contributed by atoms with Crippen LogP contribution >= 0.6 is 0 Å². The van der Waals surface area contributed by atoms with Crippen molar-refractivity contribution in [3.8, 4) is 28.6 Å². The molecular formula is C27H30O14. The number of phenols is 3. The number of aliphatic hydroxyl groups is 6. The first-order valence-electron chi connectivity index (χ1n) is 12.7. The van der Waals surface area contributed by atoms with Crippen LogP contribution < -0.4 is 5.43 Å². The molecule has 41 heavy (non-hydrogen) atoms. The highest BCUT2D eigenvalue weighted by molar-refractivity contribution is 5.89. The zero-order valence-electron chi connectivity index (χ0n) is 21.5. The van der Waals surface area contributed by atoms with Crippen LogP contribution in [0.25, 0.3) is 22.3 Å². The second kappa shape index (κ2) is 11.2. The average molecular weight is 579 g/mol. The minimum absolute atomic E-state index is 0.0159. The lowest BCUT2D eigenvalue weighted by Gasteiger charge is -2.42. The summed E-state index contributed by atoms with van der Waals surface area (Å²) in [5, 5.41) is 92.7. The summed E-state index contributed by atoms with van der Waals surface area (Å²) in [4.78, 5) is 13.0. The van der Waals surface area contributed by atoms with E-state index in [0.717, 1.165) is 12.1 Å². The predicted octanol–water partition coefficient (Wildman–Crippen LogP) is -1.06. The molecule has 2 fully saturated rings. The molecule has 3 heterocycles. The first kappa shape index (κ1) is 29.2. The van der Waals surface area contributed by atoms with E-state index in [2.05, 4.69) is 0 Å². The van der Waals surface area contributed by atoms with Gasteiger partial charge in [-0.1, -0.05) is 0 Å². The van der Waals surface area contributed by atoms with Crippen molar-refractivity contribution in [1.29, 1.82) is 0 Å². The van der Waals surface area contributed by atoms with Gasteiger partial charge >= 0.3 is 0 Å². The van der Waals surface area contributed by atoms with Gasteiger partial charge in [-0.2, -0.15) is 0 Å². The van der Waals surface area contributed by atoms with Gasteiger partial charge < -0.3 is 64.6 Å². The first-order valence-corrected chi connectivity index (χ1v) is 12.7. The van der Waals surface area contributed by atoms with E-state index in [1.54, 1.807) is 0 Å². The van der Waals surface area contributed by atoms with Crippen molar-refractivity contribution in [3.05, 3.63) is 52.2 Å². The van der Waals surface area contributed by atoms with E-state index in [4.69, 9.17) is 18.6 Å². The van der Waals surface area contributed by atoms with Gasteiger partial charge in [-0.15, -0.1) is 0 Å². The highest BCUT2D eigenvalue weighted by Crippen LogP contribution is 2.44. The molecule has 1 aromatic heterocycles. The molecule has 2 saturated heterocycles. The molecule has 0 saturated carbocycles. The molecule has 9 N–H and O–H groups in total. The molecule has 0 amide bonds. The molecule has 0 spiro atoms. The van der Waals surface area contributed by atoms with Crippen LogP contribution in [-0.2, 0) is 14.2 Å². The van der Waals surface area contributed by atoms with Gasteiger partial charge in [0.1, 0.15) is 77.2 Å². The van der Waals surface area contributed by atoms with Gasteiger partial charge in [0, 0.05) is 17.7 Å². The van der Waals surface area contributed by atoms with Gasteiger partial charge in [0.2, 0.25) is 0 Å². The summed E-state index contributed by atoms with van der Waals surface area (Å²) in [6.07, 6.45) is -15.5. The molecule has 222 valence electrons. The van der Waals surface area contributed by atoms with E-state index in [9.17, 15) is 50.8 Å². The molecule has 0 radical (unpaired) electrons. The second-order valence-corrected chi connectivity index (χ2v) is 10.1. The summed E-state index contributed by atoms with van der Waals surface area (Å²) in [6.45, 7) is 0.884. The maximum atomic E-state index is 13.0. The summed E-state index contributed by atoms with van der Waals surface area (Å²) in [5.74, 6) is -1.35. The Morgan fingerprint density at radius 1 is 0.780 bits per heavy atom. The molecule has 0 unspecified atom stereocenters. The molecule has 14 nitrogen and oxygen atoms in total. The largest absolute Gasteiger partial charge is 0.508 e. The van der Waals surface area contributed by atoms with Crippen LogP contribution in [0.5, 0.6) is 17.2 Å². The van der Waals surface area contributed by atoms with E-state index in [1.807, 2.05) is 0 Å². The Morgan fingerprint density at radius 3 is 2.12 bits per heavy atom. The number of phenolic OH excluding ortho intramolecular Hbond substituents is 3. The van der Waals surface area contributed by atoms with Crippen LogP contribution in [0.3, 0.4) is 0 Å². The van der Waals surface area contributed by atoms with Crippen LogP contribution in [0.4, 0.5) is 0 Å². The number of ether oxygens (including phenoxy) is 3. The van der Waals surface area contributed by atoms with Crippen LogP contribution in [-0.4, -0.2) is 108 Å². The van der Waals surface area contributed by atoms with Crippen LogP contribution in [0.15, 0.2) is 45.6 Å². The Morgan fingerprint density at radius 2 is 1.44 bits per heavy atom. The number of rotatable bonds is 5. The first-order chi connectivity index (χ1) is 19.4. The SMILES string of the molecule is C[C@@H]1O[C@@H](OC[C@H]2O[C@@H](c3c(O)cc(O)c4c(=O)cc(-c5ccc(O)cc5)oc34)[C@H](O)[C@@H](O)[C@@H]2O)[C@H](O)[C@H](O)[C@H]1O. The molecule has 2 aliphatic rings. The number of benzene rings is 2. The van der Waals surface area contributed by atoms with Gasteiger partial charge in [-0.05, 0) is 31.2 Å². The third-order valence-electron chi connectivity index (χ3n) is 7.38. The Kier molecular flexibility index (Phi) is 7.95. The quantitative estimate of drug-likeness (QED) is 0.175. The minimum atomic E-state index is -1.86. The van der Waals surface area contributed by atoms with Crippen molar-refractivity contribution < 1.29 is 64.6 Å². The van der Waals surface area contributed by atoms with E-state index >= 15 is 0 Å². The van der Waals surface area contributed by atoms with Gasteiger partial charge in [0.25, 0.3) is 0 Å². The standard InChI is InChI=1S/C27H30O14/c1-9-19(32)21(34)24(37)27(39-9)38-8-16-20(33)22(35)23(36)26(41-16)18-13(30)6-12(29)17-14(31)7-15(40-25(17)18)10-2-4-11(28)5-3-10/h2-7,9,16,19-24,26-30,32-37H,8H2,1H3/t9-,16+,19-,20+,21+,22-,23+,24+,26-,27+/m0/s1. The molecule has 2 aromatic carbocycles. The fraction of sp³-hybridized carbons (Fsp3) is 0.444. The fourth-order valence-corrected chi connectivity index (χ4v) is 5.03. The summed E-state index contributed by atoms with van der Waals surface area (Å²) in [5.41, 5.74) is -1.05. The van der Waals surface area contributed by atoms with Gasteiger partial charge in [-0.3, -0.25) is 4.79 Å². The zero-order valence-corrected chi connectivity index (χ0v) is 21.5. The molecule has 2 aliphatic heterocycles. The monoisotopic (exact) mass is 578 g/mol. The number of aliphatic hydroxyl groups excluding tert-OH is 6. The highest BCUT2D eigenvalue weighted by atomic mass is 16.7. The maximum absolute atomic E-state index is 13.0. The molecule has 10 atom stereocenters. The normalized spacial score (nSPS) is 34.1. The van der Waals surface area contributed by atoms with Crippen molar-refractivity contribution in [2.24, 2.45) is 0 Å². The lowest BCUT2D eigenvalue weighted by atomic mass is 9.89. The van der Waals surface area contributed by atoms with Crippen molar-refractivity contribution in [1.82, 2.24) is 0 Å². The number of fused-ring (bicyclic) bond motifs is 1. The Bertz CT molecular complexity index is 1460. The van der Waals surface area contributed by atoms with Crippen molar-refractivity contribution >= 4 is 11.0 Å². The summed E-state index contributed by atoms with van der Waals surface area (Å²) in [6, 6.07) is 7.55. The second-order valence-electron chi connectivity index (χ2n) is 10.1. The Hall–Kier alpha value is -3.31. The Balaban J connectivity index is 1.51. The Labute approximate surface area is 231 Å².